The van der Waals surface area contributed by atoms with Crippen LogP contribution in [-0.2, 0) is 6.42 Å². The Kier molecular flexibility index (Phi) is 3.50. The summed E-state index contributed by atoms with van der Waals surface area (Å²) in [5.74, 6) is 0. The van der Waals surface area contributed by atoms with Crippen molar-refractivity contribution >= 4 is 22.5 Å². The first kappa shape index (κ1) is 12.0. The van der Waals surface area contributed by atoms with Crippen LogP contribution in [-0.4, -0.2) is 47.8 Å². The van der Waals surface area contributed by atoms with E-state index in [-0.39, 0.29) is 0 Å². The maximum atomic E-state index is 6.16. The maximum absolute atomic E-state index is 6.16. The first-order valence-corrected chi connectivity index (χ1v) is 6.77. The molecule has 1 saturated heterocycles. The van der Waals surface area contributed by atoms with Crippen molar-refractivity contribution < 1.29 is 0 Å². The molecule has 0 radical (unpaired) electrons. The molecule has 18 heavy (non-hydrogen) atoms. The first-order chi connectivity index (χ1) is 8.84. The van der Waals surface area contributed by atoms with Crippen molar-refractivity contribution in [2.45, 2.75) is 6.42 Å². The number of rotatable bonds is 3. The Hall–Kier alpha value is -1.10. The molecule has 0 amide bonds. The van der Waals surface area contributed by atoms with E-state index in [0.717, 1.165) is 50.0 Å². The predicted molar refractivity (Wildman–Crippen MR) is 74.1 cm³/mol. The summed E-state index contributed by atoms with van der Waals surface area (Å²) in [5, 5.41) is 12.1. The Bertz CT molecular complexity index is 531. The third-order valence-corrected chi connectivity index (χ3v) is 3.80. The fourth-order valence-electron chi connectivity index (χ4n) is 2.52. The van der Waals surface area contributed by atoms with Crippen molar-refractivity contribution in [3.63, 3.8) is 0 Å². The van der Waals surface area contributed by atoms with Gasteiger partial charge in [0.25, 0.3) is 0 Å². The highest BCUT2D eigenvalue weighted by atomic mass is 35.5. The minimum Gasteiger partial charge on any atom is -0.314 e. The molecule has 4 nitrogen and oxygen atoms in total. The molecule has 1 fully saturated rings. The lowest BCUT2D eigenvalue weighted by Gasteiger charge is -2.27. The number of piperazine rings is 1. The Morgan fingerprint density at radius 3 is 2.94 bits per heavy atom. The Morgan fingerprint density at radius 1 is 1.28 bits per heavy atom. The normalized spacial score (nSPS) is 17.4. The van der Waals surface area contributed by atoms with Gasteiger partial charge >= 0.3 is 0 Å². The van der Waals surface area contributed by atoms with Gasteiger partial charge in [-0.15, -0.1) is 0 Å². The zero-order valence-electron chi connectivity index (χ0n) is 10.2. The van der Waals surface area contributed by atoms with E-state index in [0.29, 0.717) is 5.15 Å². The molecule has 5 heteroatoms. The standard InChI is InChI=1S/C13H17ClN4/c14-13-12-10(2-1-3-11(12)16-17-13)4-7-18-8-5-15-6-9-18/h1-3,15H,4-9H2,(H,16,17). The molecule has 0 spiro atoms. The molecule has 3 rings (SSSR count). The summed E-state index contributed by atoms with van der Waals surface area (Å²) >= 11 is 6.16. The third-order valence-electron chi connectivity index (χ3n) is 3.53. The summed E-state index contributed by atoms with van der Waals surface area (Å²) in [6.45, 7) is 5.54. The molecule has 1 aromatic carbocycles. The van der Waals surface area contributed by atoms with Gasteiger partial charge in [0.1, 0.15) is 5.15 Å². The summed E-state index contributed by atoms with van der Waals surface area (Å²) in [4.78, 5) is 2.49. The highest BCUT2D eigenvalue weighted by Crippen LogP contribution is 2.24. The molecule has 1 aromatic heterocycles. The van der Waals surface area contributed by atoms with Gasteiger partial charge in [0, 0.05) is 38.1 Å². The highest BCUT2D eigenvalue weighted by molar-refractivity contribution is 6.34. The van der Waals surface area contributed by atoms with Crippen LogP contribution in [0.4, 0.5) is 0 Å². The van der Waals surface area contributed by atoms with Crippen molar-refractivity contribution in [2.75, 3.05) is 32.7 Å². The van der Waals surface area contributed by atoms with Crippen LogP contribution >= 0.6 is 11.6 Å². The van der Waals surface area contributed by atoms with Gasteiger partial charge in [0.15, 0.2) is 0 Å². The molecule has 0 unspecified atom stereocenters. The smallest absolute Gasteiger partial charge is 0.132 e. The van der Waals surface area contributed by atoms with Gasteiger partial charge in [-0.2, -0.15) is 5.10 Å². The zero-order valence-corrected chi connectivity index (χ0v) is 11.0. The van der Waals surface area contributed by atoms with Crippen LogP contribution in [0.3, 0.4) is 0 Å². The van der Waals surface area contributed by atoms with E-state index >= 15 is 0 Å². The van der Waals surface area contributed by atoms with Crippen LogP contribution < -0.4 is 5.32 Å². The highest BCUT2D eigenvalue weighted by Gasteiger charge is 2.12. The van der Waals surface area contributed by atoms with Gasteiger partial charge in [-0.05, 0) is 18.1 Å². The van der Waals surface area contributed by atoms with Crippen LogP contribution in [0.5, 0.6) is 0 Å². The van der Waals surface area contributed by atoms with Crippen LogP contribution in [0.15, 0.2) is 18.2 Å². The monoisotopic (exact) mass is 264 g/mol. The summed E-state index contributed by atoms with van der Waals surface area (Å²) in [7, 11) is 0. The average molecular weight is 265 g/mol. The Morgan fingerprint density at radius 2 is 2.11 bits per heavy atom. The SMILES string of the molecule is Clc1[nH]nc2cccc(CCN3CCNCC3)c12. The molecule has 0 aliphatic carbocycles. The molecule has 0 saturated carbocycles. The second kappa shape index (κ2) is 5.26. The van der Waals surface area contributed by atoms with E-state index in [9.17, 15) is 0 Å². The lowest BCUT2D eigenvalue weighted by molar-refractivity contribution is 0.244. The number of fused-ring (bicyclic) bond motifs is 1. The predicted octanol–water partition coefficient (Wildman–Crippen LogP) is 1.66. The van der Waals surface area contributed by atoms with Crippen LogP contribution in [0.1, 0.15) is 5.56 Å². The molecule has 1 aliphatic heterocycles. The van der Waals surface area contributed by atoms with Crippen LogP contribution in [0.25, 0.3) is 10.9 Å². The van der Waals surface area contributed by atoms with Crippen molar-refractivity contribution in [3.05, 3.63) is 28.9 Å². The number of H-pyrrole nitrogens is 1. The largest absolute Gasteiger partial charge is 0.314 e. The topological polar surface area (TPSA) is 44.0 Å². The first-order valence-electron chi connectivity index (χ1n) is 6.39. The van der Waals surface area contributed by atoms with Crippen LogP contribution in [0.2, 0.25) is 5.15 Å². The van der Waals surface area contributed by atoms with Gasteiger partial charge in [0.2, 0.25) is 0 Å². The molecular formula is C13H17ClN4. The number of hydrogen-bond acceptors (Lipinski definition) is 3. The summed E-state index contributed by atoms with van der Waals surface area (Å²) in [5.41, 5.74) is 2.24. The summed E-state index contributed by atoms with van der Waals surface area (Å²) in [6, 6.07) is 6.19. The van der Waals surface area contributed by atoms with E-state index < -0.39 is 0 Å². The number of aromatic amines is 1. The second-order valence-electron chi connectivity index (χ2n) is 4.69. The zero-order chi connectivity index (χ0) is 12.4. The third kappa shape index (κ3) is 2.36. The summed E-state index contributed by atoms with van der Waals surface area (Å²) < 4.78 is 0. The molecule has 0 atom stereocenters. The minimum absolute atomic E-state index is 0.654. The molecule has 2 heterocycles. The number of hydrogen-bond donors (Lipinski definition) is 2. The van der Waals surface area contributed by atoms with Gasteiger partial charge < -0.3 is 10.2 Å². The van der Waals surface area contributed by atoms with Crippen molar-refractivity contribution in [3.8, 4) is 0 Å². The number of halogens is 1. The van der Waals surface area contributed by atoms with E-state index in [1.54, 1.807) is 0 Å². The number of nitrogens with one attached hydrogen (secondary N) is 2. The second-order valence-corrected chi connectivity index (χ2v) is 5.07. The van der Waals surface area contributed by atoms with Crippen molar-refractivity contribution in [1.82, 2.24) is 20.4 Å². The maximum Gasteiger partial charge on any atom is 0.132 e. The quantitative estimate of drug-likeness (QED) is 0.886. The van der Waals surface area contributed by atoms with E-state index in [2.05, 4.69) is 26.5 Å². The lowest BCUT2D eigenvalue weighted by atomic mass is 10.1. The molecule has 1 aliphatic rings. The molecule has 2 N–H and O–H groups in total. The number of nitrogens with zero attached hydrogens (tertiary/aromatic N) is 2. The molecule has 2 aromatic rings. The molecule has 0 bridgehead atoms. The van der Waals surface area contributed by atoms with Crippen LogP contribution in [0, 0.1) is 0 Å². The van der Waals surface area contributed by atoms with Gasteiger partial charge in [0.05, 0.1) is 5.52 Å². The average Bonchev–Trinajstić information content (AvgIpc) is 2.80. The van der Waals surface area contributed by atoms with E-state index in [4.69, 9.17) is 11.6 Å². The molecular weight excluding hydrogens is 248 g/mol. The van der Waals surface area contributed by atoms with Crippen molar-refractivity contribution in [1.29, 1.82) is 0 Å². The fourth-order valence-corrected chi connectivity index (χ4v) is 2.78. The van der Waals surface area contributed by atoms with Gasteiger partial charge in [-0.3, -0.25) is 5.10 Å². The van der Waals surface area contributed by atoms with Gasteiger partial charge in [-0.1, -0.05) is 23.7 Å². The van der Waals surface area contributed by atoms with E-state index in [1.807, 2.05) is 12.1 Å². The molecule has 96 valence electrons. The number of aromatic nitrogens is 2. The Balaban J connectivity index is 1.75. The van der Waals surface area contributed by atoms with Gasteiger partial charge in [-0.25, -0.2) is 0 Å². The van der Waals surface area contributed by atoms with Crippen molar-refractivity contribution in [2.24, 2.45) is 0 Å². The lowest BCUT2D eigenvalue weighted by Crippen LogP contribution is -2.44. The van der Waals surface area contributed by atoms with E-state index in [1.165, 1.54) is 5.56 Å². The fraction of sp³-hybridized carbons (Fsp3) is 0.462. The number of benzene rings is 1. The summed E-state index contributed by atoms with van der Waals surface area (Å²) in [6.07, 6.45) is 1.02. The Labute approximate surface area is 111 Å². The minimum atomic E-state index is 0.654.